The molecule has 3 heteroatoms. The van der Waals surface area contributed by atoms with Crippen LogP contribution < -0.4 is 5.73 Å². The highest BCUT2D eigenvalue weighted by Crippen LogP contribution is 2.39. The molecule has 2 N–H and O–H groups in total. The Balaban J connectivity index is 1.87. The predicted octanol–water partition coefficient (Wildman–Crippen LogP) is 3.27. The Morgan fingerprint density at radius 3 is 2.74 bits per heavy atom. The predicted molar refractivity (Wildman–Crippen MR) is 77.5 cm³/mol. The van der Waals surface area contributed by atoms with Crippen molar-refractivity contribution in [1.29, 1.82) is 0 Å². The first-order valence-corrected chi connectivity index (χ1v) is 7.24. The highest BCUT2D eigenvalue weighted by molar-refractivity contribution is 5.13. The molecule has 0 radical (unpaired) electrons. The van der Waals surface area contributed by atoms with Gasteiger partial charge in [-0.3, -0.25) is 4.98 Å². The van der Waals surface area contributed by atoms with Crippen LogP contribution in [0.1, 0.15) is 51.3 Å². The van der Waals surface area contributed by atoms with Gasteiger partial charge >= 0.3 is 0 Å². The molecular formula is C16H26N2O. The van der Waals surface area contributed by atoms with Crippen LogP contribution in [0.4, 0.5) is 0 Å². The van der Waals surface area contributed by atoms with Gasteiger partial charge in [0.15, 0.2) is 0 Å². The number of nitrogens with zero attached hydrogens (tertiary/aromatic N) is 1. The number of hydrogen-bond donors (Lipinski definition) is 1. The quantitative estimate of drug-likeness (QED) is 0.906. The van der Waals surface area contributed by atoms with Crippen molar-refractivity contribution in [2.75, 3.05) is 0 Å². The Bertz CT molecular complexity index is 400. The molecule has 19 heavy (non-hydrogen) atoms. The average Bonchev–Trinajstić information content (AvgIpc) is 2.34. The van der Waals surface area contributed by atoms with Crippen molar-refractivity contribution in [1.82, 2.24) is 4.98 Å². The fraction of sp³-hybridized carbons (Fsp3) is 0.688. The lowest BCUT2D eigenvalue weighted by Crippen LogP contribution is -2.32. The van der Waals surface area contributed by atoms with E-state index in [4.69, 9.17) is 10.5 Å². The number of pyridine rings is 1. The summed E-state index contributed by atoms with van der Waals surface area (Å²) in [5, 5.41) is 0. The molecule has 1 aliphatic carbocycles. The van der Waals surface area contributed by atoms with Gasteiger partial charge in [0.1, 0.15) is 0 Å². The molecule has 1 saturated carbocycles. The maximum Gasteiger partial charge on any atom is 0.0891 e. The van der Waals surface area contributed by atoms with Crippen LogP contribution >= 0.6 is 0 Å². The van der Waals surface area contributed by atoms with Crippen LogP contribution in [0.2, 0.25) is 0 Å². The van der Waals surface area contributed by atoms with Crippen molar-refractivity contribution in [3.63, 3.8) is 0 Å². The van der Waals surface area contributed by atoms with Crippen LogP contribution in [0, 0.1) is 11.3 Å². The second kappa shape index (κ2) is 6.02. The summed E-state index contributed by atoms with van der Waals surface area (Å²) in [4.78, 5) is 4.38. The molecule has 2 rings (SSSR count). The van der Waals surface area contributed by atoms with Gasteiger partial charge in [0.2, 0.25) is 0 Å². The summed E-state index contributed by atoms with van der Waals surface area (Å²) in [5.41, 5.74) is 8.03. The first kappa shape index (κ1) is 14.5. The summed E-state index contributed by atoms with van der Waals surface area (Å²) in [6.07, 6.45) is 5.83. The monoisotopic (exact) mass is 262 g/mol. The Morgan fingerprint density at radius 2 is 2.16 bits per heavy atom. The normalized spacial score (nSPS) is 26.3. The average molecular weight is 262 g/mol. The number of hydrogen-bond acceptors (Lipinski definition) is 3. The standard InChI is InChI=1S/C16H26N2O/c1-12-6-15(8-16(2,3)7-12)19-11-14-5-4-13(9-17)10-18-14/h4-5,10,12,15H,6-9,11,17H2,1-3H3. The summed E-state index contributed by atoms with van der Waals surface area (Å²) < 4.78 is 6.05. The van der Waals surface area contributed by atoms with E-state index in [0.29, 0.717) is 24.7 Å². The molecule has 0 amide bonds. The molecule has 1 aromatic rings. The second-order valence-corrected chi connectivity index (χ2v) is 6.71. The van der Waals surface area contributed by atoms with Gasteiger partial charge in [0.05, 0.1) is 18.4 Å². The van der Waals surface area contributed by atoms with E-state index in [9.17, 15) is 0 Å². The summed E-state index contributed by atoms with van der Waals surface area (Å²) in [5.74, 6) is 0.751. The zero-order chi connectivity index (χ0) is 13.9. The van der Waals surface area contributed by atoms with Gasteiger partial charge in [0.25, 0.3) is 0 Å². The zero-order valence-electron chi connectivity index (χ0n) is 12.4. The molecule has 0 saturated heterocycles. The lowest BCUT2D eigenvalue weighted by molar-refractivity contribution is -0.0326. The van der Waals surface area contributed by atoms with Crippen molar-refractivity contribution in [3.05, 3.63) is 29.6 Å². The fourth-order valence-electron chi connectivity index (χ4n) is 3.25. The van der Waals surface area contributed by atoms with E-state index in [2.05, 4.69) is 25.8 Å². The lowest BCUT2D eigenvalue weighted by atomic mass is 9.71. The van der Waals surface area contributed by atoms with E-state index in [1.54, 1.807) is 0 Å². The molecule has 1 fully saturated rings. The fourth-order valence-corrected chi connectivity index (χ4v) is 3.25. The Kier molecular flexibility index (Phi) is 4.58. The minimum Gasteiger partial charge on any atom is -0.372 e. The highest BCUT2D eigenvalue weighted by atomic mass is 16.5. The van der Waals surface area contributed by atoms with Crippen molar-refractivity contribution in [2.45, 2.75) is 59.3 Å². The van der Waals surface area contributed by atoms with Gasteiger partial charge in [-0.05, 0) is 42.2 Å². The van der Waals surface area contributed by atoms with Crippen LogP contribution in [0.3, 0.4) is 0 Å². The van der Waals surface area contributed by atoms with Crippen LogP contribution in [-0.4, -0.2) is 11.1 Å². The topological polar surface area (TPSA) is 48.1 Å². The minimum absolute atomic E-state index is 0.370. The number of nitrogens with two attached hydrogens (primary N) is 1. The summed E-state index contributed by atoms with van der Waals surface area (Å²) in [7, 11) is 0. The molecule has 0 spiro atoms. The molecule has 3 nitrogen and oxygen atoms in total. The van der Waals surface area contributed by atoms with Gasteiger partial charge in [-0.15, -0.1) is 0 Å². The van der Waals surface area contributed by atoms with E-state index in [1.807, 2.05) is 18.3 Å². The van der Waals surface area contributed by atoms with Crippen LogP contribution in [0.15, 0.2) is 18.3 Å². The van der Waals surface area contributed by atoms with E-state index in [1.165, 1.54) is 12.8 Å². The summed E-state index contributed by atoms with van der Waals surface area (Å²) >= 11 is 0. The van der Waals surface area contributed by atoms with E-state index < -0.39 is 0 Å². The number of ether oxygens (including phenoxy) is 1. The first-order chi connectivity index (χ1) is 8.98. The number of aromatic nitrogens is 1. The second-order valence-electron chi connectivity index (χ2n) is 6.71. The van der Waals surface area contributed by atoms with Crippen molar-refractivity contribution >= 4 is 0 Å². The smallest absolute Gasteiger partial charge is 0.0891 e. The van der Waals surface area contributed by atoms with Crippen molar-refractivity contribution in [3.8, 4) is 0 Å². The van der Waals surface area contributed by atoms with Crippen LogP contribution in [0.25, 0.3) is 0 Å². The Morgan fingerprint density at radius 1 is 1.37 bits per heavy atom. The SMILES string of the molecule is CC1CC(OCc2ccc(CN)cn2)CC(C)(C)C1. The minimum atomic E-state index is 0.370. The van der Waals surface area contributed by atoms with Gasteiger partial charge in [-0.25, -0.2) is 0 Å². The first-order valence-electron chi connectivity index (χ1n) is 7.24. The third-order valence-electron chi connectivity index (χ3n) is 3.94. The van der Waals surface area contributed by atoms with Crippen LogP contribution in [-0.2, 0) is 17.9 Å². The molecule has 0 aliphatic heterocycles. The van der Waals surface area contributed by atoms with E-state index in [-0.39, 0.29) is 0 Å². The molecule has 1 heterocycles. The lowest BCUT2D eigenvalue weighted by Gasteiger charge is -2.38. The maximum atomic E-state index is 6.05. The molecular weight excluding hydrogens is 236 g/mol. The van der Waals surface area contributed by atoms with Gasteiger partial charge in [0, 0.05) is 12.7 Å². The van der Waals surface area contributed by atoms with E-state index >= 15 is 0 Å². The largest absolute Gasteiger partial charge is 0.372 e. The summed E-state index contributed by atoms with van der Waals surface area (Å²) in [6, 6.07) is 4.04. The Hall–Kier alpha value is -0.930. The molecule has 2 atom stereocenters. The molecule has 1 aromatic heterocycles. The van der Waals surface area contributed by atoms with Gasteiger partial charge in [-0.1, -0.05) is 26.8 Å². The zero-order valence-corrected chi connectivity index (χ0v) is 12.4. The highest BCUT2D eigenvalue weighted by Gasteiger charge is 2.32. The number of rotatable bonds is 4. The van der Waals surface area contributed by atoms with Crippen molar-refractivity contribution in [2.24, 2.45) is 17.1 Å². The Labute approximate surface area is 116 Å². The maximum absolute atomic E-state index is 6.05. The molecule has 2 unspecified atom stereocenters. The van der Waals surface area contributed by atoms with Gasteiger partial charge in [-0.2, -0.15) is 0 Å². The molecule has 106 valence electrons. The third kappa shape index (κ3) is 4.29. The third-order valence-corrected chi connectivity index (χ3v) is 3.94. The van der Waals surface area contributed by atoms with E-state index in [0.717, 1.165) is 23.6 Å². The molecule has 0 aromatic carbocycles. The van der Waals surface area contributed by atoms with Crippen LogP contribution in [0.5, 0.6) is 0 Å². The molecule has 0 bridgehead atoms. The molecule has 1 aliphatic rings. The van der Waals surface area contributed by atoms with Crippen molar-refractivity contribution < 1.29 is 4.74 Å². The summed E-state index contributed by atoms with van der Waals surface area (Å²) in [6.45, 7) is 8.16. The van der Waals surface area contributed by atoms with Gasteiger partial charge < -0.3 is 10.5 Å².